The molecule has 0 saturated heterocycles. The van der Waals surface area contributed by atoms with Crippen LogP contribution in [0.5, 0.6) is 0 Å². The summed E-state index contributed by atoms with van der Waals surface area (Å²) in [7, 11) is 0. The number of fused-ring (bicyclic) bond motifs is 2. The van der Waals surface area contributed by atoms with Crippen LogP contribution in [0, 0.1) is 11.8 Å². The summed E-state index contributed by atoms with van der Waals surface area (Å²) >= 11 is 0. The van der Waals surface area contributed by atoms with E-state index in [2.05, 4.69) is 4.98 Å². The van der Waals surface area contributed by atoms with Crippen molar-refractivity contribution in [3.8, 4) is 0 Å². The zero-order chi connectivity index (χ0) is 12.9. The summed E-state index contributed by atoms with van der Waals surface area (Å²) in [4.78, 5) is 38.0. The molecule has 1 aromatic heterocycles. The average Bonchev–Trinajstić information content (AvgIpc) is 2.90. The van der Waals surface area contributed by atoms with E-state index in [1.807, 2.05) is 0 Å². The van der Waals surface area contributed by atoms with Gasteiger partial charge in [0, 0.05) is 12.2 Å². The molecular weight excluding hydrogens is 232 g/mol. The highest BCUT2D eigenvalue weighted by atomic mass is 16.2. The molecule has 5 nitrogen and oxygen atoms in total. The molecule has 3 rings (SSSR count). The zero-order valence-corrected chi connectivity index (χ0v) is 10.3. The molecule has 0 spiro atoms. The molecule has 18 heavy (non-hydrogen) atoms. The van der Waals surface area contributed by atoms with Crippen LogP contribution in [0.2, 0.25) is 0 Å². The first-order valence-corrected chi connectivity index (χ1v) is 6.43. The molecule has 3 atom stereocenters. The second-order valence-corrected chi connectivity index (χ2v) is 5.48. The summed E-state index contributed by atoms with van der Waals surface area (Å²) in [6.45, 7) is 1.35. The van der Waals surface area contributed by atoms with Gasteiger partial charge in [0.05, 0.1) is 5.56 Å². The number of carbonyl (C=O) groups excluding carboxylic acids is 1. The van der Waals surface area contributed by atoms with Gasteiger partial charge in [-0.3, -0.25) is 14.2 Å². The summed E-state index contributed by atoms with van der Waals surface area (Å²) in [6.07, 6.45) is 5.54. The molecule has 1 heterocycles. The van der Waals surface area contributed by atoms with Crippen LogP contribution >= 0.6 is 0 Å². The topological polar surface area (TPSA) is 71.9 Å². The fourth-order valence-electron chi connectivity index (χ4n) is 3.57. The van der Waals surface area contributed by atoms with Crippen molar-refractivity contribution in [2.45, 2.75) is 38.6 Å². The Morgan fingerprint density at radius 1 is 1.33 bits per heavy atom. The maximum Gasteiger partial charge on any atom is 0.328 e. The predicted molar refractivity (Wildman–Crippen MR) is 65.8 cm³/mol. The van der Waals surface area contributed by atoms with E-state index in [-0.39, 0.29) is 23.1 Å². The lowest BCUT2D eigenvalue weighted by Gasteiger charge is -2.23. The van der Waals surface area contributed by atoms with Gasteiger partial charge in [-0.1, -0.05) is 6.42 Å². The van der Waals surface area contributed by atoms with E-state index in [1.54, 1.807) is 0 Å². The Bertz CT molecular complexity index is 613. The summed E-state index contributed by atoms with van der Waals surface area (Å²) in [5, 5.41) is 0. The molecule has 0 amide bonds. The summed E-state index contributed by atoms with van der Waals surface area (Å²) in [6, 6.07) is -0.0145. The molecule has 2 bridgehead atoms. The first kappa shape index (κ1) is 11.4. The smallest absolute Gasteiger partial charge is 0.313 e. The van der Waals surface area contributed by atoms with Gasteiger partial charge in [-0.2, -0.15) is 0 Å². The highest BCUT2D eigenvalue weighted by Gasteiger charge is 2.41. The first-order valence-electron chi connectivity index (χ1n) is 6.43. The van der Waals surface area contributed by atoms with E-state index in [1.165, 1.54) is 24.1 Å². The van der Waals surface area contributed by atoms with E-state index < -0.39 is 5.56 Å². The lowest BCUT2D eigenvalue weighted by atomic mass is 9.95. The van der Waals surface area contributed by atoms with E-state index in [9.17, 15) is 14.4 Å². The third kappa shape index (κ3) is 1.57. The first-order chi connectivity index (χ1) is 8.58. The van der Waals surface area contributed by atoms with Crippen LogP contribution in [-0.2, 0) is 0 Å². The molecule has 2 saturated carbocycles. The fraction of sp³-hybridized carbons (Fsp3) is 0.615. The number of hydrogen-bond acceptors (Lipinski definition) is 3. The van der Waals surface area contributed by atoms with Crippen LogP contribution < -0.4 is 11.2 Å². The van der Waals surface area contributed by atoms with Crippen molar-refractivity contribution in [1.82, 2.24) is 9.55 Å². The van der Waals surface area contributed by atoms with Crippen LogP contribution in [-0.4, -0.2) is 15.3 Å². The van der Waals surface area contributed by atoms with Crippen molar-refractivity contribution in [2.24, 2.45) is 11.8 Å². The van der Waals surface area contributed by atoms with Crippen LogP contribution in [0.4, 0.5) is 0 Å². The fourth-order valence-corrected chi connectivity index (χ4v) is 3.57. The minimum absolute atomic E-state index is 0.0145. The van der Waals surface area contributed by atoms with Gasteiger partial charge in [-0.25, -0.2) is 4.79 Å². The van der Waals surface area contributed by atoms with E-state index in [0.29, 0.717) is 11.8 Å². The number of H-pyrrole nitrogens is 1. The standard InChI is InChI=1S/C13H16N2O3/c1-7(16)10-6-14-13(18)15(12(10)17)11-5-8-2-3-9(11)4-8/h6,8-9,11H,2-5H2,1H3,(H,14,18). The molecule has 0 aliphatic heterocycles. The van der Waals surface area contributed by atoms with Crippen LogP contribution in [0.3, 0.4) is 0 Å². The maximum atomic E-state index is 12.2. The molecule has 1 aromatic rings. The second kappa shape index (κ2) is 3.93. The molecule has 2 aliphatic rings. The number of aromatic nitrogens is 2. The summed E-state index contributed by atoms with van der Waals surface area (Å²) in [5.41, 5.74) is -0.733. The lowest BCUT2D eigenvalue weighted by Crippen LogP contribution is -2.41. The van der Waals surface area contributed by atoms with Gasteiger partial charge < -0.3 is 4.98 Å². The molecule has 2 aliphatic carbocycles. The van der Waals surface area contributed by atoms with Gasteiger partial charge in [-0.15, -0.1) is 0 Å². The van der Waals surface area contributed by atoms with Gasteiger partial charge >= 0.3 is 5.69 Å². The molecule has 1 N–H and O–H groups in total. The quantitative estimate of drug-likeness (QED) is 0.796. The summed E-state index contributed by atoms with van der Waals surface area (Å²) in [5.74, 6) is 0.774. The minimum Gasteiger partial charge on any atom is -0.313 e. The molecule has 3 unspecified atom stereocenters. The van der Waals surface area contributed by atoms with Crippen LogP contribution in [0.1, 0.15) is 49.0 Å². The Hall–Kier alpha value is -1.65. The Labute approximate surface area is 104 Å². The van der Waals surface area contributed by atoms with Gasteiger partial charge in [-0.05, 0) is 38.0 Å². The Kier molecular flexibility index (Phi) is 2.50. The Morgan fingerprint density at radius 2 is 2.11 bits per heavy atom. The number of nitrogens with one attached hydrogen (secondary N) is 1. The third-order valence-corrected chi connectivity index (χ3v) is 4.42. The van der Waals surface area contributed by atoms with Gasteiger partial charge in [0.1, 0.15) is 0 Å². The molecular formula is C13H16N2O3. The van der Waals surface area contributed by atoms with Crippen molar-refractivity contribution in [3.63, 3.8) is 0 Å². The number of hydrogen-bond donors (Lipinski definition) is 1. The van der Waals surface area contributed by atoms with E-state index in [4.69, 9.17) is 0 Å². The Morgan fingerprint density at radius 3 is 2.67 bits per heavy atom. The van der Waals surface area contributed by atoms with E-state index in [0.717, 1.165) is 19.3 Å². The minimum atomic E-state index is -0.427. The third-order valence-electron chi connectivity index (χ3n) is 4.42. The molecule has 5 heteroatoms. The average molecular weight is 248 g/mol. The van der Waals surface area contributed by atoms with Gasteiger partial charge in [0.15, 0.2) is 5.78 Å². The SMILES string of the molecule is CC(=O)c1c[nH]c(=O)n(C2CC3CCC2C3)c1=O. The largest absolute Gasteiger partial charge is 0.328 e. The van der Waals surface area contributed by atoms with Crippen molar-refractivity contribution >= 4 is 5.78 Å². The number of rotatable bonds is 2. The van der Waals surface area contributed by atoms with Crippen molar-refractivity contribution in [2.75, 3.05) is 0 Å². The Balaban J connectivity index is 2.12. The number of Topliss-reactive ketones (excluding diaryl/α,β-unsaturated/α-hetero) is 1. The monoisotopic (exact) mass is 248 g/mol. The molecule has 0 aromatic carbocycles. The number of ketones is 1. The highest BCUT2D eigenvalue weighted by molar-refractivity contribution is 5.93. The maximum absolute atomic E-state index is 12.2. The number of nitrogens with zero attached hydrogens (tertiary/aromatic N) is 1. The lowest BCUT2D eigenvalue weighted by molar-refractivity contribution is 0.101. The molecule has 2 fully saturated rings. The van der Waals surface area contributed by atoms with E-state index >= 15 is 0 Å². The predicted octanol–water partition coefficient (Wildman–Crippen LogP) is 1.10. The number of aromatic amines is 1. The molecule has 0 radical (unpaired) electrons. The van der Waals surface area contributed by atoms with Crippen molar-refractivity contribution in [3.05, 3.63) is 32.6 Å². The summed E-state index contributed by atoms with van der Waals surface area (Å²) < 4.78 is 1.28. The molecule has 96 valence electrons. The second-order valence-electron chi connectivity index (χ2n) is 5.48. The van der Waals surface area contributed by atoms with Gasteiger partial charge in [0.2, 0.25) is 0 Å². The normalized spacial score (nSPS) is 29.7. The highest BCUT2D eigenvalue weighted by Crippen LogP contribution is 2.49. The van der Waals surface area contributed by atoms with Crippen LogP contribution in [0.15, 0.2) is 15.8 Å². The zero-order valence-electron chi connectivity index (χ0n) is 10.3. The van der Waals surface area contributed by atoms with Crippen LogP contribution in [0.25, 0.3) is 0 Å². The van der Waals surface area contributed by atoms with Crippen molar-refractivity contribution < 1.29 is 4.79 Å². The van der Waals surface area contributed by atoms with Crippen molar-refractivity contribution in [1.29, 1.82) is 0 Å². The number of carbonyl (C=O) groups is 1. The van der Waals surface area contributed by atoms with Gasteiger partial charge in [0.25, 0.3) is 5.56 Å².